The quantitative estimate of drug-likeness (QED) is 0.607. The van der Waals surface area contributed by atoms with E-state index in [2.05, 4.69) is 20.1 Å². The lowest BCUT2D eigenvalue weighted by molar-refractivity contribution is -0.144. The Morgan fingerprint density at radius 2 is 1.93 bits per heavy atom. The lowest BCUT2D eigenvalue weighted by atomic mass is 10.3. The van der Waals surface area contributed by atoms with Crippen molar-refractivity contribution in [2.24, 2.45) is 0 Å². The molecule has 0 atom stereocenters. The third-order valence-electron chi connectivity index (χ3n) is 3.59. The Kier molecular flexibility index (Phi) is 5.61. The molecule has 29 heavy (non-hydrogen) atoms. The van der Waals surface area contributed by atoms with E-state index in [9.17, 15) is 26.4 Å². The summed E-state index contributed by atoms with van der Waals surface area (Å²) in [6, 6.07) is 6.01. The number of carbonyl (C=O) groups is 1. The standard InChI is InChI=1S/C16H14F3N5O3S2/c1-10-8-13(16(17,18)19)24(22-10)9-14(25)21-11-2-4-12(5-3-11)29(26,27)23-15-20-6-7-28-15/h2-8H,9H2,1H3,(H,20,23)(H,21,25). The molecule has 2 N–H and O–H groups in total. The average Bonchev–Trinajstić information content (AvgIpc) is 3.24. The topological polar surface area (TPSA) is 106 Å². The van der Waals surface area contributed by atoms with E-state index >= 15 is 0 Å². The fraction of sp³-hybridized carbons (Fsp3) is 0.188. The first-order chi connectivity index (χ1) is 13.5. The zero-order valence-corrected chi connectivity index (χ0v) is 16.4. The summed E-state index contributed by atoms with van der Waals surface area (Å²) in [5.74, 6) is -0.741. The molecule has 0 unspecified atom stereocenters. The number of rotatable bonds is 6. The highest BCUT2D eigenvalue weighted by Gasteiger charge is 2.35. The van der Waals surface area contributed by atoms with Gasteiger partial charge < -0.3 is 5.32 Å². The van der Waals surface area contributed by atoms with Gasteiger partial charge in [0.05, 0.1) is 10.6 Å². The first kappa shape index (κ1) is 20.8. The molecule has 8 nitrogen and oxygen atoms in total. The van der Waals surface area contributed by atoms with E-state index in [1.54, 1.807) is 5.38 Å². The SMILES string of the molecule is Cc1cc(C(F)(F)F)n(CC(=O)Nc2ccc(S(=O)(=O)Nc3nccs3)cc2)n1. The monoisotopic (exact) mass is 445 g/mol. The molecule has 0 saturated heterocycles. The molecule has 0 aliphatic heterocycles. The van der Waals surface area contributed by atoms with Gasteiger partial charge in [0, 0.05) is 17.3 Å². The van der Waals surface area contributed by atoms with Gasteiger partial charge in [-0.25, -0.2) is 13.4 Å². The molecule has 154 valence electrons. The van der Waals surface area contributed by atoms with Gasteiger partial charge in [-0.15, -0.1) is 11.3 Å². The van der Waals surface area contributed by atoms with Gasteiger partial charge in [0.25, 0.3) is 10.0 Å². The minimum Gasteiger partial charge on any atom is -0.324 e. The summed E-state index contributed by atoms with van der Waals surface area (Å²) in [6.45, 7) is 0.747. The van der Waals surface area contributed by atoms with Crippen molar-refractivity contribution in [1.29, 1.82) is 0 Å². The largest absolute Gasteiger partial charge is 0.433 e. The van der Waals surface area contributed by atoms with E-state index in [1.165, 1.54) is 37.4 Å². The highest BCUT2D eigenvalue weighted by atomic mass is 32.2. The van der Waals surface area contributed by atoms with Crippen LogP contribution in [0.1, 0.15) is 11.4 Å². The Labute approximate surface area is 167 Å². The summed E-state index contributed by atoms with van der Waals surface area (Å²) in [7, 11) is -3.85. The number of aryl methyl sites for hydroxylation is 1. The number of sulfonamides is 1. The van der Waals surface area contributed by atoms with Crippen LogP contribution in [0.3, 0.4) is 0 Å². The minimum absolute atomic E-state index is 0.0623. The molecule has 0 saturated carbocycles. The van der Waals surface area contributed by atoms with Gasteiger partial charge >= 0.3 is 6.18 Å². The number of hydrogen-bond donors (Lipinski definition) is 2. The fourth-order valence-corrected chi connectivity index (χ4v) is 4.18. The number of thiazole rings is 1. The third kappa shape index (κ3) is 5.12. The second-order valence-electron chi connectivity index (χ2n) is 5.84. The lowest BCUT2D eigenvalue weighted by Crippen LogP contribution is -2.23. The van der Waals surface area contributed by atoms with Crippen molar-refractivity contribution >= 4 is 38.1 Å². The summed E-state index contributed by atoms with van der Waals surface area (Å²) in [5, 5.41) is 7.91. The molecule has 2 heterocycles. The Balaban J connectivity index is 1.68. The van der Waals surface area contributed by atoms with Crippen LogP contribution in [0, 0.1) is 6.92 Å². The van der Waals surface area contributed by atoms with Gasteiger partial charge in [0.2, 0.25) is 5.91 Å². The van der Waals surface area contributed by atoms with Crippen LogP contribution in [0.25, 0.3) is 0 Å². The van der Waals surface area contributed by atoms with Crippen molar-refractivity contribution in [2.75, 3.05) is 10.0 Å². The normalized spacial score (nSPS) is 12.0. The van der Waals surface area contributed by atoms with E-state index in [4.69, 9.17) is 0 Å². The van der Waals surface area contributed by atoms with Crippen molar-refractivity contribution < 1.29 is 26.4 Å². The summed E-state index contributed by atoms with van der Waals surface area (Å²) in [5.41, 5.74) is -0.673. The number of benzene rings is 1. The van der Waals surface area contributed by atoms with Crippen molar-refractivity contribution in [3.8, 4) is 0 Å². The number of hydrogen-bond acceptors (Lipinski definition) is 6. The van der Waals surface area contributed by atoms with Crippen LogP contribution in [0.15, 0.2) is 46.8 Å². The van der Waals surface area contributed by atoms with Gasteiger partial charge in [0.15, 0.2) is 5.13 Å². The van der Waals surface area contributed by atoms with Crippen LogP contribution < -0.4 is 10.0 Å². The zero-order valence-electron chi connectivity index (χ0n) is 14.8. The van der Waals surface area contributed by atoms with Crippen LogP contribution in [-0.4, -0.2) is 29.1 Å². The molecule has 0 bridgehead atoms. The zero-order chi connectivity index (χ0) is 21.2. The lowest BCUT2D eigenvalue weighted by Gasteiger charge is -2.11. The Hall–Kier alpha value is -2.93. The molecule has 0 radical (unpaired) electrons. The summed E-state index contributed by atoms with van der Waals surface area (Å²) >= 11 is 1.11. The highest BCUT2D eigenvalue weighted by molar-refractivity contribution is 7.93. The molecule has 3 aromatic rings. The number of aromatic nitrogens is 3. The smallest absolute Gasteiger partial charge is 0.324 e. The van der Waals surface area contributed by atoms with Gasteiger partial charge in [-0.05, 0) is 37.3 Å². The Bertz CT molecular complexity index is 1110. The van der Waals surface area contributed by atoms with E-state index in [0.29, 0.717) is 4.68 Å². The van der Waals surface area contributed by atoms with Crippen molar-refractivity contribution in [1.82, 2.24) is 14.8 Å². The van der Waals surface area contributed by atoms with Crippen LogP contribution in [-0.2, 0) is 27.5 Å². The Morgan fingerprint density at radius 1 is 1.24 bits per heavy atom. The van der Waals surface area contributed by atoms with E-state index in [-0.39, 0.29) is 21.4 Å². The van der Waals surface area contributed by atoms with Crippen LogP contribution in [0.5, 0.6) is 0 Å². The number of halogens is 3. The molecule has 3 rings (SSSR count). The van der Waals surface area contributed by atoms with Crippen LogP contribution in [0.4, 0.5) is 24.0 Å². The number of nitrogens with one attached hydrogen (secondary N) is 2. The fourth-order valence-electron chi connectivity index (χ4n) is 2.40. The first-order valence-electron chi connectivity index (χ1n) is 7.98. The van der Waals surface area contributed by atoms with E-state index in [1.807, 2.05) is 0 Å². The molecule has 1 aromatic carbocycles. The maximum atomic E-state index is 13.0. The van der Waals surface area contributed by atoms with Crippen LogP contribution in [0.2, 0.25) is 0 Å². The number of amides is 1. The molecule has 0 fully saturated rings. The first-order valence-corrected chi connectivity index (χ1v) is 10.3. The average molecular weight is 445 g/mol. The maximum absolute atomic E-state index is 13.0. The molecule has 0 aliphatic rings. The molecule has 0 spiro atoms. The van der Waals surface area contributed by atoms with Crippen molar-refractivity contribution in [3.05, 3.63) is 53.3 Å². The highest BCUT2D eigenvalue weighted by Crippen LogP contribution is 2.29. The second-order valence-corrected chi connectivity index (χ2v) is 8.42. The van der Waals surface area contributed by atoms with E-state index in [0.717, 1.165) is 17.4 Å². The van der Waals surface area contributed by atoms with Gasteiger partial charge in [-0.1, -0.05) is 0 Å². The van der Waals surface area contributed by atoms with Gasteiger partial charge in [-0.3, -0.25) is 14.2 Å². The summed E-state index contributed by atoms with van der Waals surface area (Å²) in [6.07, 6.45) is -3.19. The minimum atomic E-state index is -4.64. The third-order valence-corrected chi connectivity index (χ3v) is 5.76. The number of anilines is 2. The molecule has 13 heteroatoms. The molecular weight excluding hydrogens is 431 g/mol. The molecule has 2 aromatic heterocycles. The van der Waals surface area contributed by atoms with Crippen LogP contribution >= 0.6 is 11.3 Å². The molecule has 1 amide bonds. The maximum Gasteiger partial charge on any atom is 0.433 e. The number of carbonyl (C=O) groups excluding carboxylic acids is 1. The number of alkyl halides is 3. The van der Waals surface area contributed by atoms with Crippen molar-refractivity contribution in [2.45, 2.75) is 24.5 Å². The van der Waals surface area contributed by atoms with Crippen molar-refractivity contribution in [3.63, 3.8) is 0 Å². The van der Waals surface area contributed by atoms with Gasteiger partial charge in [0.1, 0.15) is 12.2 Å². The summed E-state index contributed by atoms with van der Waals surface area (Å²) < 4.78 is 66.3. The predicted molar refractivity (Wildman–Crippen MR) is 100.0 cm³/mol. The van der Waals surface area contributed by atoms with Gasteiger partial charge in [-0.2, -0.15) is 18.3 Å². The second kappa shape index (κ2) is 7.83. The predicted octanol–water partition coefficient (Wildman–Crippen LogP) is 3.11. The molecular formula is C16H14F3N5O3S2. The Morgan fingerprint density at radius 3 is 2.52 bits per heavy atom. The summed E-state index contributed by atoms with van der Waals surface area (Å²) in [4.78, 5) is 15.9. The number of nitrogens with zero attached hydrogens (tertiary/aromatic N) is 3. The van der Waals surface area contributed by atoms with E-state index < -0.39 is 34.3 Å². The molecule has 0 aliphatic carbocycles.